The van der Waals surface area contributed by atoms with E-state index in [1.165, 1.54) is 0 Å². The van der Waals surface area contributed by atoms with Crippen molar-refractivity contribution in [2.75, 3.05) is 0 Å². The van der Waals surface area contributed by atoms with Crippen LogP contribution in [-0.2, 0) is 27.8 Å². The molecule has 0 spiro atoms. The van der Waals surface area contributed by atoms with Crippen LogP contribution in [0.1, 0.15) is 11.3 Å². The molecule has 6 nitrogen and oxygen atoms in total. The van der Waals surface area contributed by atoms with Gasteiger partial charge in [-0.3, -0.25) is 4.79 Å². The molecule has 0 atom stereocenters. The van der Waals surface area contributed by atoms with E-state index in [9.17, 15) is 18.3 Å². The average molecular weight is 394 g/mol. The maximum Gasteiger partial charge on any atom is 0.323 e. The number of hydrogen-bond acceptors (Lipinski definition) is 4. The summed E-state index contributed by atoms with van der Waals surface area (Å²) in [6.45, 7) is 1.55. The summed E-state index contributed by atoms with van der Waals surface area (Å²) >= 11 is 5.89. The highest BCUT2D eigenvalue weighted by atomic mass is 35.5. The summed E-state index contributed by atoms with van der Waals surface area (Å²) in [7, 11) is -2.56. The van der Waals surface area contributed by atoms with Gasteiger partial charge in [-0.2, -0.15) is 0 Å². The second-order valence-corrected chi connectivity index (χ2v) is 7.21. The van der Waals surface area contributed by atoms with Gasteiger partial charge in [0, 0.05) is 10.4 Å². The fraction of sp³-hybridized carbons (Fsp3) is 0.167. The molecule has 1 N–H and O–H groups in total. The maximum atomic E-state index is 11.2. The van der Waals surface area contributed by atoms with E-state index in [1.54, 1.807) is 54.0 Å². The molecule has 0 aliphatic carbocycles. The summed E-state index contributed by atoms with van der Waals surface area (Å²) in [5.41, 5.74) is 1.92. The van der Waals surface area contributed by atoms with Crippen LogP contribution in [0.3, 0.4) is 0 Å². The van der Waals surface area contributed by atoms with Gasteiger partial charge in [0.2, 0.25) is 0 Å². The normalized spacial score (nSPS) is 11.2. The van der Waals surface area contributed by atoms with Crippen LogP contribution in [0.4, 0.5) is 0 Å². The van der Waals surface area contributed by atoms with Crippen molar-refractivity contribution in [1.29, 1.82) is 0 Å². The van der Waals surface area contributed by atoms with E-state index < -0.39 is 16.7 Å². The number of carbonyl (C=O) groups is 1. The van der Waals surface area contributed by atoms with Crippen molar-refractivity contribution in [3.8, 4) is 11.5 Å². The standard InChI is InChI=1S/C18H16ClNO5S/c1-11-18(25-14-5-3-13(19)4-6-14)15-8-12(10-26(23)24)2-7-16(15)20(11)9-17(21)22/h2-8,26H,9-10H2,1H3,(H,21,22). The molecule has 136 valence electrons. The minimum Gasteiger partial charge on any atom is -0.480 e. The van der Waals surface area contributed by atoms with Crippen molar-refractivity contribution >= 4 is 39.2 Å². The number of ether oxygens (including phenoxy) is 1. The molecule has 0 radical (unpaired) electrons. The molecule has 8 heteroatoms. The van der Waals surface area contributed by atoms with Crippen molar-refractivity contribution in [1.82, 2.24) is 4.57 Å². The first-order valence-corrected chi connectivity index (χ1v) is 9.48. The van der Waals surface area contributed by atoms with Crippen LogP contribution in [0.2, 0.25) is 5.02 Å². The largest absolute Gasteiger partial charge is 0.480 e. The van der Waals surface area contributed by atoms with E-state index in [4.69, 9.17) is 16.3 Å². The first-order valence-electron chi connectivity index (χ1n) is 7.74. The van der Waals surface area contributed by atoms with Gasteiger partial charge in [-0.1, -0.05) is 17.7 Å². The van der Waals surface area contributed by atoms with E-state index in [-0.39, 0.29) is 12.3 Å². The van der Waals surface area contributed by atoms with E-state index in [2.05, 4.69) is 0 Å². The molecular formula is C18H16ClNO5S. The maximum absolute atomic E-state index is 11.2. The summed E-state index contributed by atoms with van der Waals surface area (Å²) in [6, 6.07) is 11.9. The molecule has 1 aromatic heterocycles. The number of thiol groups is 1. The summed E-state index contributed by atoms with van der Waals surface area (Å²) in [6.07, 6.45) is 0. The Kier molecular flexibility index (Phi) is 5.20. The molecule has 3 aromatic rings. The van der Waals surface area contributed by atoms with Crippen molar-refractivity contribution in [3.63, 3.8) is 0 Å². The quantitative estimate of drug-likeness (QED) is 0.625. The number of aromatic nitrogens is 1. The molecule has 3 rings (SSSR count). The second kappa shape index (κ2) is 7.39. The number of benzene rings is 2. The summed E-state index contributed by atoms with van der Waals surface area (Å²) in [5, 5.41) is 10.4. The Bertz CT molecular complexity index is 1050. The lowest BCUT2D eigenvalue weighted by molar-refractivity contribution is -0.137. The van der Waals surface area contributed by atoms with Crippen molar-refractivity contribution in [3.05, 3.63) is 58.7 Å². The van der Waals surface area contributed by atoms with Crippen molar-refractivity contribution in [2.24, 2.45) is 0 Å². The highest BCUT2D eigenvalue weighted by molar-refractivity contribution is 7.71. The number of hydrogen-bond donors (Lipinski definition) is 2. The fourth-order valence-electron chi connectivity index (χ4n) is 2.83. The molecule has 0 fully saturated rings. The second-order valence-electron chi connectivity index (χ2n) is 5.79. The van der Waals surface area contributed by atoms with Gasteiger partial charge in [0.05, 0.1) is 17.0 Å². The summed E-state index contributed by atoms with van der Waals surface area (Å²) < 4.78 is 29.7. The highest BCUT2D eigenvalue weighted by Gasteiger charge is 2.18. The van der Waals surface area contributed by atoms with Crippen LogP contribution in [0.25, 0.3) is 10.9 Å². The Morgan fingerprint density at radius 2 is 1.88 bits per heavy atom. The van der Waals surface area contributed by atoms with Gasteiger partial charge < -0.3 is 14.4 Å². The molecule has 0 aliphatic rings. The molecule has 0 saturated heterocycles. The van der Waals surface area contributed by atoms with Gasteiger partial charge in [0.1, 0.15) is 23.0 Å². The van der Waals surface area contributed by atoms with Gasteiger partial charge in [-0.05, 0) is 48.9 Å². The Labute approximate surface area is 156 Å². The number of rotatable bonds is 6. The third-order valence-electron chi connectivity index (χ3n) is 3.97. The van der Waals surface area contributed by atoms with Crippen LogP contribution in [0, 0.1) is 6.92 Å². The first kappa shape index (κ1) is 18.3. The lowest BCUT2D eigenvalue weighted by atomic mass is 10.1. The van der Waals surface area contributed by atoms with Crippen molar-refractivity contribution < 1.29 is 23.1 Å². The van der Waals surface area contributed by atoms with Gasteiger partial charge >= 0.3 is 5.97 Å². The molecule has 2 aromatic carbocycles. The van der Waals surface area contributed by atoms with E-state index in [0.717, 1.165) is 0 Å². The van der Waals surface area contributed by atoms with E-state index >= 15 is 0 Å². The number of nitrogens with zero attached hydrogens (tertiary/aromatic N) is 1. The number of aliphatic carboxylic acids is 1. The van der Waals surface area contributed by atoms with E-state index in [0.29, 0.717) is 38.7 Å². The first-order chi connectivity index (χ1) is 12.3. The Hall–Kier alpha value is -2.51. The minimum absolute atomic E-state index is 0.0885. The predicted molar refractivity (Wildman–Crippen MR) is 99.9 cm³/mol. The number of fused-ring (bicyclic) bond motifs is 1. The number of halogens is 1. The summed E-state index contributed by atoms with van der Waals surface area (Å²) in [5.74, 6) is -0.0251. The van der Waals surface area contributed by atoms with Crippen LogP contribution >= 0.6 is 11.6 Å². The third kappa shape index (κ3) is 3.84. The van der Waals surface area contributed by atoms with Crippen LogP contribution < -0.4 is 4.74 Å². The van der Waals surface area contributed by atoms with Crippen LogP contribution in [-0.4, -0.2) is 24.1 Å². The summed E-state index contributed by atoms with van der Waals surface area (Å²) in [4.78, 5) is 11.2. The van der Waals surface area contributed by atoms with Gasteiger partial charge in [-0.15, -0.1) is 0 Å². The molecule has 0 saturated carbocycles. The molecule has 26 heavy (non-hydrogen) atoms. The van der Waals surface area contributed by atoms with Gasteiger partial charge in [-0.25, -0.2) is 8.42 Å². The zero-order valence-electron chi connectivity index (χ0n) is 13.8. The zero-order valence-corrected chi connectivity index (χ0v) is 15.5. The van der Waals surface area contributed by atoms with Crippen LogP contribution in [0.15, 0.2) is 42.5 Å². The lowest BCUT2D eigenvalue weighted by Gasteiger charge is -2.07. The average Bonchev–Trinajstić information content (AvgIpc) is 2.81. The topological polar surface area (TPSA) is 85.6 Å². The molecule has 0 unspecified atom stereocenters. The molecular weight excluding hydrogens is 378 g/mol. The van der Waals surface area contributed by atoms with E-state index in [1.807, 2.05) is 0 Å². The molecule has 0 aliphatic heterocycles. The number of carboxylic acid groups (broad SMARTS) is 1. The predicted octanol–water partition coefficient (Wildman–Crippen LogP) is 3.59. The monoisotopic (exact) mass is 393 g/mol. The Morgan fingerprint density at radius 1 is 1.19 bits per heavy atom. The third-order valence-corrected chi connectivity index (χ3v) is 4.84. The van der Waals surface area contributed by atoms with Gasteiger partial charge in [0.15, 0.2) is 5.75 Å². The Morgan fingerprint density at radius 3 is 2.50 bits per heavy atom. The Balaban J connectivity index is 2.15. The van der Waals surface area contributed by atoms with Gasteiger partial charge in [0.25, 0.3) is 0 Å². The number of carboxylic acids is 1. The smallest absolute Gasteiger partial charge is 0.323 e. The zero-order chi connectivity index (χ0) is 18.8. The molecule has 0 amide bonds. The lowest BCUT2D eigenvalue weighted by Crippen LogP contribution is -2.09. The highest BCUT2D eigenvalue weighted by Crippen LogP contribution is 2.37. The minimum atomic E-state index is -2.56. The van der Waals surface area contributed by atoms with Crippen molar-refractivity contribution in [2.45, 2.75) is 19.2 Å². The molecule has 0 bridgehead atoms. The SMILES string of the molecule is Cc1c(Oc2ccc(Cl)cc2)c2cc(C[SH](=O)=O)ccc2n1CC(=O)O. The molecule has 1 heterocycles. The fourth-order valence-corrected chi connectivity index (χ4v) is 3.46. The van der Waals surface area contributed by atoms with Crippen LogP contribution in [0.5, 0.6) is 11.5 Å².